The molecule has 1 aromatic heterocycles. The number of piperidine rings is 1. The molecule has 3 heterocycles. The molecule has 3 rings (SSSR count). The largest absolute Gasteiger partial charge is 0.490 e. The lowest BCUT2D eigenvalue weighted by Crippen LogP contribution is -2.47. The number of halogens is 3. The predicted molar refractivity (Wildman–Crippen MR) is 102 cm³/mol. The Morgan fingerprint density at radius 1 is 1.33 bits per heavy atom. The molecule has 7 nitrogen and oxygen atoms in total. The predicted octanol–water partition coefficient (Wildman–Crippen LogP) is 3.12. The quantitative estimate of drug-likeness (QED) is 0.784. The van der Waals surface area contributed by atoms with Crippen molar-refractivity contribution < 1.29 is 37.0 Å². The first-order valence-electron chi connectivity index (χ1n) is 9.86. The van der Waals surface area contributed by atoms with Crippen LogP contribution < -0.4 is 0 Å². The highest BCUT2D eigenvalue weighted by Gasteiger charge is 2.49. The molecule has 1 N–H and O–H groups in total. The topological polar surface area (TPSA) is 83.2 Å². The van der Waals surface area contributed by atoms with E-state index in [1.54, 1.807) is 25.5 Å². The SMILES string of the molecule is COCC1CN(C(=O)c2ccco2)CC12CCN(C(C)C)CC2.O=C(O)C(F)(F)F. The molecular formula is C20H29F3N2O5. The van der Waals surface area contributed by atoms with Gasteiger partial charge in [-0.05, 0) is 57.3 Å². The number of hydrogen-bond acceptors (Lipinski definition) is 5. The van der Waals surface area contributed by atoms with Gasteiger partial charge in [0.1, 0.15) is 0 Å². The van der Waals surface area contributed by atoms with Crippen molar-refractivity contribution in [1.82, 2.24) is 9.80 Å². The van der Waals surface area contributed by atoms with Gasteiger partial charge < -0.3 is 24.1 Å². The van der Waals surface area contributed by atoms with Crippen molar-refractivity contribution in [2.45, 2.75) is 38.9 Å². The number of likely N-dealkylation sites (tertiary alicyclic amines) is 2. The fourth-order valence-corrected chi connectivity index (χ4v) is 4.23. The Hall–Kier alpha value is -2.07. The molecule has 0 saturated carbocycles. The highest BCUT2D eigenvalue weighted by atomic mass is 19.4. The molecular weight excluding hydrogens is 405 g/mol. The summed E-state index contributed by atoms with van der Waals surface area (Å²) in [6.45, 7) is 9.06. The minimum atomic E-state index is -5.08. The number of furan rings is 1. The standard InChI is InChI=1S/C18H28N2O3.C2HF3O2/c1-14(2)19-8-6-18(7-9-19)13-20(11-15(18)12-22-3)17(21)16-5-4-10-23-16;3-2(4,5)1(6)7/h4-5,10,14-15H,6-9,11-13H2,1-3H3;(H,6,7). The molecule has 2 aliphatic heterocycles. The van der Waals surface area contributed by atoms with Crippen molar-refractivity contribution in [2.75, 3.05) is 39.9 Å². The Bertz CT molecular complexity index is 698. The molecule has 10 heteroatoms. The zero-order valence-electron chi connectivity index (χ0n) is 17.4. The zero-order chi connectivity index (χ0) is 22.5. The maximum atomic E-state index is 12.6. The van der Waals surface area contributed by atoms with Crippen molar-refractivity contribution in [2.24, 2.45) is 11.3 Å². The van der Waals surface area contributed by atoms with E-state index in [4.69, 9.17) is 19.1 Å². The Morgan fingerprint density at radius 2 is 1.93 bits per heavy atom. The Morgan fingerprint density at radius 3 is 2.37 bits per heavy atom. The molecule has 0 aromatic carbocycles. The van der Waals surface area contributed by atoms with E-state index < -0.39 is 12.1 Å². The van der Waals surface area contributed by atoms with Gasteiger partial charge in [0.05, 0.1) is 12.9 Å². The second kappa shape index (κ2) is 9.82. The van der Waals surface area contributed by atoms with Crippen LogP contribution in [-0.2, 0) is 9.53 Å². The van der Waals surface area contributed by atoms with Crippen LogP contribution in [0.1, 0.15) is 37.2 Å². The third-order valence-corrected chi connectivity index (χ3v) is 5.97. The first-order chi connectivity index (χ1) is 14.0. The molecule has 0 bridgehead atoms. The Kier molecular flexibility index (Phi) is 7.93. The third kappa shape index (κ3) is 5.75. The Balaban J connectivity index is 0.000000396. The van der Waals surface area contributed by atoms with Gasteiger partial charge in [0.15, 0.2) is 5.76 Å². The summed E-state index contributed by atoms with van der Waals surface area (Å²) in [5.74, 6) is -1.88. The molecule has 2 saturated heterocycles. The number of carboxylic acids is 1. The van der Waals surface area contributed by atoms with Crippen molar-refractivity contribution in [3.8, 4) is 0 Å². The maximum Gasteiger partial charge on any atom is 0.490 e. The van der Waals surface area contributed by atoms with Crippen LogP contribution in [0.5, 0.6) is 0 Å². The monoisotopic (exact) mass is 434 g/mol. The minimum absolute atomic E-state index is 0.0132. The van der Waals surface area contributed by atoms with Crippen LogP contribution in [0.2, 0.25) is 0 Å². The molecule has 1 unspecified atom stereocenters. The molecule has 2 fully saturated rings. The summed E-state index contributed by atoms with van der Waals surface area (Å²) >= 11 is 0. The second-order valence-corrected chi connectivity index (χ2v) is 8.11. The van der Waals surface area contributed by atoms with Crippen LogP contribution >= 0.6 is 0 Å². The Labute approximate surface area is 173 Å². The van der Waals surface area contributed by atoms with Gasteiger partial charge in [0.25, 0.3) is 5.91 Å². The van der Waals surface area contributed by atoms with E-state index in [2.05, 4.69) is 18.7 Å². The number of amides is 1. The summed E-state index contributed by atoms with van der Waals surface area (Å²) in [6, 6.07) is 4.11. The number of methoxy groups -OCH3 is 1. The molecule has 0 aliphatic carbocycles. The lowest BCUT2D eigenvalue weighted by molar-refractivity contribution is -0.192. The molecule has 2 aliphatic rings. The maximum absolute atomic E-state index is 12.6. The van der Waals surface area contributed by atoms with Gasteiger partial charge in [-0.15, -0.1) is 0 Å². The second-order valence-electron chi connectivity index (χ2n) is 8.11. The number of rotatable bonds is 4. The number of nitrogens with zero attached hydrogens (tertiary/aromatic N) is 2. The van der Waals surface area contributed by atoms with E-state index in [0.29, 0.717) is 17.7 Å². The molecule has 170 valence electrons. The molecule has 1 spiro atoms. The molecule has 0 radical (unpaired) electrons. The average molecular weight is 434 g/mol. The number of carbonyl (C=O) groups is 2. The first-order valence-corrected chi connectivity index (χ1v) is 9.86. The van der Waals surface area contributed by atoms with Crippen molar-refractivity contribution >= 4 is 11.9 Å². The van der Waals surface area contributed by atoms with Crippen LogP contribution in [0.25, 0.3) is 0 Å². The first kappa shape index (κ1) is 24.2. The smallest absolute Gasteiger partial charge is 0.475 e. The van der Waals surface area contributed by atoms with E-state index in [9.17, 15) is 18.0 Å². The van der Waals surface area contributed by atoms with Gasteiger partial charge in [-0.1, -0.05) is 0 Å². The number of carbonyl (C=O) groups excluding carboxylic acids is 1. The van der Waals surface area contributed by atoms with E-state index in [0.717, 1.165) is 45.6 Å². The number of hydrogen-bond donors (Lipinski definition) is 1. The van der Waals surface area contributed by atoms with Gasteiger partial charge >= 0.3 is 12.1 Å². The molecule has 1 atom stereocenters. The van der Waals surface area contributed by atoms with Crippen LogP contribution in [0, 0.1) is 11.3 Å². The summed E-state index contributed by atoms with van der Waals surface area (Å²) in [7, 11) is 1.76. The van der Waals surface area contributed by atoms with E-state index in [-0.39, 0.29) is 11.3 Å². The number of aliphatic carboxylic acids is 1. The fourth-order valence-electron chi connectivity index (χ4n) is 4.23. The summed E-state index contributed by atoms with van der Waals surface area (Å²) in [5, 5.41) is 7.12. The van der Waals surface area contributed by atoms with Crippen LogP contribution in [0.3, 0.4) is 0 Å². The highest BCUT2D eigenvalue weighted by molar-refractivity contribution is 5.91. The summed E-state index contributed by atoms with van der Waals surface area (Å²) in [4.78, 5) is 26.0. The lowest BCUT2D eigenvalue weighted by atomic mass is 9.71. The minimum Gasteiger partial charge on any atom is -0.475 e. The van der Waals surface area contributed by atoms with E-state index in [1.165, 1.54) is 0 Å². The van der Waals surface area contributed by atoms with E-state index in [1.807, 2.05) is 4.90 Å². The summed E-state index contributed by atoms with van der Waals surface area (Å²) in [5.41, 5.74) is 0.198. The van der Waals surface area contributed by atoms with Gasteiger partial charge in [0.2, 0.25) is 0 Å². The van der Waals surface area contributed by atoms with Gasteiger partial charge in [-0.25, -0.2) is 4.79 Å². The number of carboxylic acid groups (broad SMARTS) is 1. The zero-order valence-corrected chi connectivity index (χ0v) is 17.4. The lowest BCUT2D eigenvalue weighted by Gasteiger charge is -2.43. The average Bonchev–Trinajstić information content (AvgIpc) is 3.31. The van der Waals surface area contributed by atoms with E-state index >= 15 is 0 Å². The number of alkyl halides is 3. The van der Waals surface area contributed by atoms with Crippen molar-refractivity contribution in [3.63, 3.8) is 0 Å². The summed E-state index contributed by atoms with van der Waals surface area (Å²) < 4.78 is 42.5. The summed E-state index contributed by atoms with van der Waals surface area (Å²) in [6.07, 6.45) is -1.24. The third-order valence-electron chi connectivity index (χ3n) is 5.97. The van der Waals surface area contributed by atoms with Gasteiger partial charge in [0, 0.05) is 32.2 Å². The van der Waals surface area contributed by atoms with Crippen LogP contribution in [-0.4, -0.2) is 78.9 Å². The van der Waals surface area contributed by atoms with Crippen molar-refractivity contribution in [1.29, 1.82) is 0 Å². The van der Waals surface area contributed by atoms with Gasteiger partial charge in [-0.3, -0.25) is 4.79 Å². The normalized spacial score (nSPS) is 21.6. The van der Waals surface area contributed by atoms with Crippen LogP contribution in [0.15, 0.2) is 22.8 Å². The fraction of sp³-hybridized carbons (Fsp3) is 0.700. The van der Waals surface area contributed by atoms with Crippen LogP contribution in [0.4, 0.5) is 13.2 Å². The molecule has 30 heavy (non-hydrogen) atoms. The van der Waals surface area contributed by atoms with Gasteiger partial charge in [-0.2, -0.15) is 13.2 Å². The molecule has 1 amide bonds. The number of ether oxygens (including phenoxy) is 1. The highest BCUT2D eigenvalue weighted by Crippen LogP contribution is 2.45. The van der Waals surface area contributed by atoms with Crippen molar-refractivity contribution in [3.05, 3.63) is 24.2 Å². The molecule has 1 aromatic rings.